The summed E-state index contributed by atoms with van der Waals surface area (Å²) in [5, 5.41) is 0.956. The maximum absolute atomic E-state index is 12.0. The summed E-state index contributed by atoms with van der Waals surface area (Å²) in [6, 6.07) is 0. The molecule has 2 fully saturated rings. The van der Waals surface area contributed by atoms with Gasteiger partial charge in [-0.05, 0) is 5.92 Å². The van der Waals surface area contributed by atoms with Gasteiger partial charge in [-0.1, -0.05) is 25.7 Å². The molecule has 5 heteroatoms. The van der Waals surface area contributed by atoms with E-state index in [0.29, 0.717) is 12.3 Å². The number of rotatable bonds is 4. The Balaban J connectivity index is 1.96. The second kappa shape index (κ2) is 4.96. The van der Waals surface area contributed by atoms with Crippen LogP contribution >= 0.6 is 0 Å². The predicted octanol–water partition coefficient (Wildman–Crippen LogP) is 0.645. The Labute approximate surface area is 101 Å². The van der Waals surface area contributed by atoms with Gasteiger partial charge >= 0.3 is 0 Å². The molecule has 0 bridgehead atoms. The third kappa shape index (κ3) is 2.39. The van der Waals surface area contributed by atoms with Crippen LogP contribution in [0.15, 0.2) is 0 Å². The zero-order valence-corrected chi connectivity index (χ0v) is 10.1. The van der Waals surface area contributed by atoms with Gasteiger partial charge in [-0.3, -0.25) is 14.4 Å². The maximum Gasteiger partial charge on any atom is 0.254 e. The average Bonchev–Trinajstić information content (AvgIpc) is 2.87. The van der Waals surface area contributed by atoms with E-state index in [0.717, 1.165) is 17.9 Å². The molecule has 2 rings (SSSR count). The first kappa shape index (κ1) is 12.2. The number of hydrogen-bond acceptors (Lipinski definition) is 4. The van der Waals surface area contributed by atoms with Crippen LogP contribution in [-0.4, -0.2) is 29.7 Å². The van der Waals surface area contributed by atoms with Gasteiger partial charge in [0.1, 0.15) is 11.7 Å². The van der Waals surface area contributed by atoms with Crippen molar-refractivity contribution < 1.29 is 14.4 Å². The van der Waals surface area contributed by atoms with E-state index < -0.39 is 5.92 Å². The molecule has 0 radical (unpaired) electrons. The Morgan fingerprint density at radius 3 is 2.53 bits per heavy atom. The minimum atomic E-state index is -0.740. The minimum absolute atomic E-state index is 0.0330. The molecule has 1 saturated carbocycles. The largest absolute Gasteiger partial charge is 0.299 e. The summed E-state index contributed by atoms with van der Waals surface area (Å²) in [6.07, 6.45) is 5.01. The number of carbonyl (C=O) groups is 3. The Hall–Kier alpha value is -1.23. The Morgan fingerprint density at radius 1 is 1.35 bits per heavy atom. The second-order valence-corrected chi connectivity index (χ2v) is 4.87. The fourth-order valence-electron chi connectivity index (χ4n) is 2.76. The summed E-state index contributed by atoms with van der Waals surface area (Å²) in [7, 11) is 1.51. The summed E-state index contributed by atoms with van der Waals surface area (Å²) in [5.41, 5.74) is 2.52. The number of hydrazine groups is 1. The molecule has 1 unspecified atom stereocenters. The molecule has 1 heterocycles. The molecule has 1 saturated heterocycles. The summed E-state index contributed by atoms with van der Waals surface area (Å²) < 4.78 is 0. The molecule has 0 spiro atoms. The van der Waals surface area contributed by atoms with Crippen molar-refractivity contribution >= 4 is 17.6 Å². The zero-order valence-electron chi connectivity index (χ0n) is 10.1. The lowest BCUT2D eigenvalue weighted by molar-refractivity contribution is -0.143. The van der Waals surface area contributed by atoms with Gasteiger partial charge in [0.15, 0.2) is 0 Å². The number of imide groups is 1. The van der Waals surface area contributed by atoms with Crippen molar-refractivity contribution in [3.63, 3.8) is 0 Å². The lowest BCUT2D eigenvalue weighted by atomic mass is 9.92. The first-order valence-electron chi connectivity index (χ1n) is 6.20. The molecule has 0 aromatic rings. The second-order valence-electron chi connectivity index (χ2n) is 4.87. The van der Waals surface area contributed by atoms with Crippen LogP contribution in [0, 0.1) is 11.8 Å². The maximum atomic E-state index is 12.0. The monoisotopic (exact) mass is 238 g/mol. The molecule has 0 aromatic carbocycles. The molecule has 0 aromatic heterocycles. The van der Waals surface area contributed by atoms with Crippen LogP contribution in [0.1, 0.15) is 38.5 Å². The van der Waals surface area contributed by atoms with Crippen LogP contribution in [0.25, 0.3) is 0 Å². The van der Waals surface area contributed by atoms with Gasteiger partial charge in [-0.15, -0.1) is 0 Å². The SMILES string of the molecule is CNN1C(=O)CC(C(=O)CC2CCCC2)C1=O. The van der Waals surface area contributed by atoms with E-state index >= 15 is 0 Å². The molecular formula is C12H18N2O3. The fraction of sp³-hybridized carbons (Fsp3) is 0.750. The standard InChI is InChI=1S/C12H18N2O3/c1-13-14-11(16)7-9(12(14)17)10(15)6-8-4-2-3-5-8/h8-9,13H,2-7H2,1H3. The number of Topliss-reactive ketones (excluding diaryl/α,β-unsaturated/α-hetero) is 1. The third-order valence-electron chi connectivity index (χ3n) is 3.72. The Morgan fingerprint density at radius 2 is 2.00 bits per heavy atom. The summed E-state index contributed by atoms with van der Waals surface area (Å²) in [6.45, 7) is 0. The van der Waals surface area contributed by atoms with E-state index in [1.807, 2.05) is 0 Å². The topological polar surface area (TPSA) is 66.5 Å². The van der Waals surface area contributed by atoms with Crippen LogP contribution in [0.2, 0.25) is 0 Å². The van der Waals surface area contributed by atoms with Gasteiger partial charge < -0.3 is 0 Å². The van der Waals surface area contributed by atoms with Crippen LogP contribution in [-0.2, 0) is 14.4 Å². The highest BCUT2D eigenvalue weighted by Gasteiger charge is 2.42. The summed E-state index contributed by atoms with van der Waals surface area (Å²) in [4.78, 5) is 35.2. The van der Waals surface area contributed by atoms with Crippen molar-refractivity contribution in [2.45, 2.75) is 38.5 Å². The van der Waals surface area contributed by atoms with Crippen LogP contribution in [0.3, 0.4) is 0 Å². The average molecular weight is 238 g/mol. The van der Waals surface area contributed by atoms with E-state index in [1.54, 1.807) is 0 Å². The normalized spacial score (nSPS) is 25.9. The molecule has 2 amide bonds. The smallest absolute Gasteiger partial charge is 0.254 e. The number of amides is 2. The van der Waals surface area contributed by atoms with Gasteiger partial charge in [0.25, 0.3) is 5.91 Å². The van der Waals surface area contributed by atoms with Crippen LogP contribution in [0.4, 0.5) is 0 Å². The van der Waals surface area contributed by atoms with Crippen molar-refractivity contribution in [3.05, 3.63) is 0 Å². The third-order valence-corrected chi connectivity index (χ3v) is 3.72. The van der Waals surface area contributed by atoms with Gasteiger partial charge in [0.05, 0.1) is 0 Å². The number of carbonyl (C=O) groups excluding carboxylic acids is 3. The fourth-order valence-corrected chi connectivity index (χ4v) is 2.76. The van der Waals surface area contributed by atoms with Gasteiger partial charge in [0.2, 0.25) is 5.91 Å². The molecule has 94 valence electrons. The lowest BCUT2D eigenvalue weighted by Crippen LogP contribution is -2.41. The number of nitrogens with one attached hydrogen (secondary N) is 1. The quantitative estimate of drug-likeness (QED) is 0.576. The molecule has 1 aliphatic carbocycles. The van der Waals surface area contributed by atoms with Crippen molar-refractivity contribution in [2.75, 3.05) is 7.05 Å². The van der Waals surface area contributed by atoms with E-state index in [1.165, 1.54) is 19.9 Å². The molecule has 5 nitrogen and oxygen atoms in total. The van der Waals surface area contributed by atoms with E-state index in [4.69, 9.17) is 0 Å². The zero-order chi connectivity index (χ0) is 12.4. The van der Waals surface area contributed by atoms with Crippen LogP contribution in [0.5, 0.6) is 0 Å². The van der Waals surface area contributed by atoms with E-state index in [-0.39, 0.29) is 24.0 Å². The summed E-state index contributed by atoms with van der Waals surface area (Å²) >= 11 is 0. The van der Waals surface area contributed by atoms with Crippen molar-refractivity contribution in [3.8, 4) is 0 Å². The van der Waals surface area contributed by atoms with E-state index in [2.05, 4.69) is 5.43 Å². The highest BCUT2D eigenvalue weighted by molar-refractivity contribution is 6.13. The minimum Gasteiger partial charge on any atom is -0.299 e. The lowest BCUT2D eigenvalue weighted by Gasteiger charge is -2.13. The van der Waals surface area contributed by atoms with Crippen LogP contribution < -0.4 is 5.43 Å². The van der Waals surface area contributed by atoms with E-state index in [9.17, 15) is 14.4 Å². The highest BCUT2D eigenvalue weighted by atomic mass is 16.2. The number of nitrogens with zero attached hydrogens (tertiary/aromatic N) is 1. The first-order valence-corrected chi connectivity index (χ1v) is 6.20. The molecule has 2 aliphatic rings. The van der Waals surface area contributed by atoms with Crippen molar-refractivity contribution in [1.29, 1.82) is 0 Å². The number of hydrogen-bond donors (Lipinski definition) is 1. The van der Waals surface area contributed by atoms with Crippen molar-refractivity contribution in [2.24, 2.45) is 11.8 Å². The molecule has 1 atom stereocenters. The Bertz CT molecular complexity index is 348. The van der Waals surface area contributed by atoms with Crippen molar-refractivity contribution in [1.82, 2.24) is 10.4 Å². The summed E-state index contributed by atoms with van der Waals surface area (Å²) in [5.74, 6) is -1.07. The molecule has 17 heavy (non-hydrogen) atoms. The number of ketones is 1. The van der Waals surface area contributed by atoms with Gasteiger partial charge in [-0.25, -0.2) is 10.4 Å². The van der Waals surface area contributed by atoms with Gasteiger partial charge in [0, 0.05) is 19.9 Å². The highest BCUT2D eigenvalue weighted by Crippen LogP contribution is 2.30. The predicted molar refractivity (Wildman–Crippen MR) is 60.6 cm³/mol. The molecule has 1 aliphatic heterocycles. The Kier molecular flexibility index (Phi) is 3.57. The van der Waals surface area contributed by atoms with Gasteiger partial charge in [-0.2, -0.15) is 0 Å². The molecular weight excluding hydrogens is 220 g/mol. The molecule has 1 N–H and O–H groups in total. The first-order chi connectivity index (χ1) is 8.13.